The van der Waals surface area contributed by atoms with Crippen LogP contribution in [0.5, 0.6) is 11.5 Å². The second-order valence-electron chi connectivity index (χ2n) is 3.74. The van der Waals surface area contributed by atoms with Gasteiger partial charge < -0.3 is 15.5 Å². The third-order valence-electron chi connectivity index (χ3n) is 2.19. The molecule has 94 valence electrons. The van der Waals surface area contributed by atoms with Crippen LogP contribution in [0, 0.1) is 0 Å². The van der Waals surface area contributed by atoms with Gasteiger partial charge in [0, 0.05) is 17.4 Å². The molecule has 4 nitrogen and oxygen atoms in total. The first-order valence-electron chi connectivity index (χ1n) is 5.45. The largest absolute Gasteiger partial charge is 0.504 e. The maximum absolute atomic E-state index is 11.8. The fourth-order valence-electron chi connectivity index (χ4n) is 1.31. The third kappa shape index (κ3) is 4.19. The smallest absolute Gasteiger partial charge is 0.251 e. The summed E-state index contributed by atoms with van der Waals surface area (Å²) in [5.41, 5.74) is 0.341. The predicted octanol–water partition coefficient (Wildman–Crippen LogP) is 1.97. The Balaban J connectivity index is 2.60. The summed E-state index contributed by atoms with van der Waals surface area (Å²) >= 11 is 1.75. The number of hydrogen-bond donors (Lipinski definition) is 3. The Kier molecular flexibility index (Phi) is 5.15. The Labute approximate surface area is 105 Å². The van der Waals surface area contributed by atoms with Crippen molar-refractivity contribution in [2.45, 2.75) is 19.9 Å². The van der Waals surface area contributed by atoms with Crippen LogP contribution in [0.1, 0.15) is 24.2 Å². The van der Waals surface area contributed by atoms with Crippen LogP contribution < -0.4 is 5.32 Å². The fraction of sp³-hybridized carbons (Fsp3) is 0.417. The van der Waals surface area contributed by atoms with Crippen molar-refractivity contribution in [3.63, 3.8) is 0 Å². The van der Waals surface area contributed by atoms with E-state index < -0.39 is 0 Å². The van der Waals surface area contributed by atoms with Crippen molar-refractivity contribution < 1.29 is 15.0 Å². The van der Waals surface area contributed by atoms with Crippen LogP contribution in [0.2, 0.25) is 0 Å². The van der Waals surface area contributed by atoms with E-state index in [-0.39, 0.29) is 23.4 Å². The summed E-state index contributed by atoms with van der Waals surface area (Å²) in [5, 5.41) is 21.3. The molecule has 0 aliphatic heterocycles. The van der Waals surface area contributed by atoms with Crippen molar-refractivity contribution in [1.82, 2.24) is 5.32 Å². The van der Waals surface area contributed by atoms with E-state index in [1.807, 2.05) is 6.92 Å². The zero-order chi connectivity index (χ0) is 12.8. The van der Waals surface area contributed by atoms with Gasteiger partial charge in [0.1, 0.15) is 0 Å². The molecule has 0 bridgehead atoms. The molecule has 1 atom stereocenters. The summed E-state index contributed by atoms with van der Waals surface area (Å²) < 4.78 is 0. The van der Waals surface area contributed by atoms with Crippen LogP contribution in [0.3, 0.4) is 0 Å². The number of thioether (sulfide) groups is 1. The molecule has 17 heavy (non-hydrogen) atoms. The number of phenols is 2. The molecule has 0 radical (unpaired) electrons. The van der Waals surface area contributed by atoms with Gasteiger partial charge in [0.25, 0.3) is 5.91 Å². The first kappa shape index (κ1) is 13.7. The van der Waals surface area contributed by atoms with E-state index in [2.05, 4.69) is 12.2 Å². The highest BCUT2D eigenvalue weighted by Crippen LogP contribution is 2.24. The Morgan fingerprint density at radius 1 is 1.41 bits per heavy atom. The van der Waals surface area contributed by atoms with Gasteiger partial charge in [-0.25, -0.2) is 0 Å². The third-order valence-corrected chi connectivity index (χ3v) is 3.33. The minimum Gasteiger partial charge on any atom is -0.504 e. The van der Waals surface area contributed by atoms with Gasteiger partial charge in [-0.2, -0.15) is 11.8 Å². The second kappa shape index (κ2) is 6.39. The van der Waals surface area contributed by atoms with Crippen LogP contribution in [0.25, 0.3) is 0 Å². The molecule has 0 saturated carbocycles. The number of nitrogens with one attached hydrogen (secondary N) is 1. The summed E-state index contributed by atoms with van der Waals surface area (Å²) in [6.45, 7) is 4.00. The number of rotatable bonds is 5. The van der Waals surface area contributed by atoms with E-state index in [0.29, 0.717) is 5.56 Å². The number of benzene rings is 1. The highest BCUT2D eigenvalue weighted by Gasteiger charge is 2.11. The molecule has 0 aliphatic carbocycles. The van der Waals surface area contributed by atoms with E-state index in [9.17, 15) is 9.90 Å². The predicted molar refractivity (Wildman–Crippen MR) is 69.7 cm³/mol. The van der Waals surface area contributed by atoms with Gasteiger partial charge in [-0.3, -0.25) is 4.79 Å². The molecule has 1 unspecified atom stereocenters. The molecule has 1 rings (SSSR count). The maximum Gasteiger partial charge on any atom is 0.251 e. The van der Waals surface area contributed by atoms with Crippen LogP contribution in [0.15, 0.2) is 18.2 Å². The van der Waals surface area contributed by atoms with Crippen molar-refractivity contribution in [3.05, 3.63) is 23.8 Å². The zero-order valence-corrected chi connectivity index (χ0v) is 10.8. The molecule has 1 aromatic rings. The van der Waals surface area contributed by atoms with Crippen LogP contribution in [0.4, 0.5) is 0 Å². The lowest BCUT2D eigenvalue weighted by atomic mass is 10.2. The van der Waals surface area contributed by atoms with E-state index >= 15 is 0 Å². The minimum atomic E-state index is -0.284. The Hall–Kier alpha value is -1.36. The Morgan fingerprint density at radius 3 is 2.71 bits per heavy atom. The lowest BCUT2D eigenvalue weighted by Gasteiger charge is -2.13. The molecule has 0 aromatic heterocycles. The number of phenolic OH excluding ortho intramolecular Hbond substituents is 2. The van der Waals surface area contributed by atoms with E-state index in [1.165, 1.54) is 18.2 Å². The number of carbonyl (C=O) groups is 1. The number of carbonyl (C=O) groups excluding carboxylic acids is 1. The van der Waals surface area contributed by atoms with Gasteiger partial charge >= 0.3 is 0 Å². The molecule has 3 N–H and O–H groups in total. The average molecular weight is 255 g/mol. The van der Waals surface area contributed by atoms with Gasteiger partial charge in [0.2, 0.25) is 0 Å². The minimum absolute atomic E-state index is 0.0726. The highest BCUT2D eigenvalue weighted by molar-refractivity contribution is 7.99. The van der Waals surface area contributed by atoms with Gasteiger partial charge in [-0.1, -0.05) is 6.92 Å². The van der Waals surface area contributed by atoms with Gasteiger partial charge in [0.15, 0.2) is 11.5 Å². The van der Waals surface area contributed by atoms with Gasteiger partial charge in [0.05, 0.1) is 0 Å². The number of amides is 1. The Bertz CT molecular complexity index is 395. The van der Waals surface area contributed by atoms with Gasteiger partial charge in [-0.15, -0.1) is 0 Å². The van der Waals surface area contributed by atoms with Crippen molar-refractivity contribution >= 4 is 17.7 Å². The van der Waals surface area contributed by atoms with Crippen molar-refractivity contribution in [3.8, 4) is 11.5 Å². The number of aromatic hydroxyl groups is 2. The van der Waals surface area contributed by atoms with Gasteiger partial charge in [-0.05, 0) is 30.9 Å². The zero-order valence-electron chi connectivity index (χ0n) is 9.93. The molecule has 0 aliphatic rings. The second-order valence-corrected chi connectivity index (χ2v) is 5.06. The van der Waals surface area contributed by atoms with Crippen molar-refractivity contribution in [2.75, 3.05) is 11.5 Å². The average Bonchev–Trinajstić information content (AvgIpc) is 2.30. The Morgan fingerprint density at radius 2 is 2.12 bits per heavy atom. The molecular formula is C12H17NO3S. The van der Waals surface area contributed by atoms with Crippen LogP contribution in [-0.2, 0) is 0 Å². The lowest BCUT2D eigenvalue weighted by molar-refractivity contribution is 0.0943. The molecule has 0 spiro atoms. The maximum atomic E-state index is 11.8. The standard InChI is InChI=1S/C12H17NO3S/c1-3-17-7-8(2)13-12(16)9-4-5-10(14)11(15)6-9/h4-6,8,14-15H,3,7H2,1-2H3,(H,13,16). The van der Waals surface area contributed by atoms with E-state index in [4.69, 9.17) is 5.11 Å². The molecule has 5 heteroatoms. The molecular weight excluding hydrogens is 238 g/mol. The van der Waals surface area contributed by atoms with Crippen LogP contribution in [-0.4, -0.2) is 33.7 Å². The summed E-state index contributed by atoms with van der Waals surface area (Å²) in [6.07, 6.45) is 0. The molecule has 0 heterocycles. The summed E-state index contributed by atoms with van der Waals surface area (Å²) in [6, 6.07) is 4.10. The fourth-order valence-corrected chi connectivity index (χ4v) is 1.98. The topological polar surface area (TPSA) is 69.6 Å². The summed E-state index contributed by atoms with van der Waals surface area (Å²) in [4.78, 5) is 11.8. The molecule has 1 aromatic carbocycles. The highest BCUT2D eigenvalue weighted by atomic mass is 32.2. The first-order valence-corrected chi connectivity index (χ1v) is 6.60. The summed E-state index contributed by atoms with van der Waals surface area (Å²) in [5.74, 6) is 1.11. The summed E-state index contributed by atoms with van der Waals surface area (Å²) in [7, 11) is 0. The normalized spacial score (nSPS) is 12.1. The van der Waals surface area contributed by atoms with Crippen molar-refractivity contribution in [2.24, 2.45) is 0 Å². The quantitative estimate of drug-likeness (QED) is 0.704. The molecule has 0 saturated heterocycles. The SMILES string of the molecule is CCSCC(C)NC(=O)c1ccc(O)c(O)c1. The first-order chi connectivity index (χ1) is 8.04. The van der Waals surface area contributed by atoms with E-state index in [1.54, 1.807) is 11.8 Å². The van der Waals surface area contributed by atoms with Crippen molar-refractivity contribution in [1.29, 1.82) is 0 Å². The number of hydrogen-bond acceptors (Lipinski definition) is 4. The monoisotopic (exact) mass is 255 g/mol. The molecule has 0 fully saturated rings. The van der Waals surface area contributed by atoms with E-state index in [0.717, 1.165) is 11.5 Å². The van der Waals surface area contributed by atoms with Crippen LogP contribution >= 0.6 is 11.8 Å². The molecule has 1 amide bonds. The lowest BCUT2D eigenvalue weighted by Crippen LogP contribution is -2.34.